The molecule has 0 radical (unpaired) electrons. The number of nitrogens with zero attached hydrogens (tertiary/aromatic N) is 4. The summed E-state index contributed by atoms with van der Waals surface area (Å²) in [5.41, 5.74) is 2.90. The van der Waals surface area contributed by atoms with Crippen molar-refractivity contribution in [3.63, 3.8) is 0 Å². The Bertz CT molecular complexity index is 1640. The molecule has 3 heterocycles. The van der Waals surface area contributed by atoms with Crippen LogP contribution in [0.3, 0.4) is 0 Å². The van der Waals surface area contributed by atoms with Crippen LogP contribution >= 0.6 is 11.6 Å². The molecule has 6 rings (SSSR count). The lowest BCUT2D eigenvalue weighted by Gasteiger charge is -2.37. The van der Waals surface area contributed by atoms with Crippen LogP contribution in [0.5, 0.6) is 0 Å². The highest BCUT2D eigenvalue weighted by molar-refractivity contribution is 6.30. The fourth-order valence-corrected chi connectivity index (χ4v) is 6.98. The summed E-state index contributed by atoms with van der Waals surface area (Å²) < 4.78 is 1.74. The molecular formula is C37H44ClN5O2. The highest BCUT2D eigenvalue weighted by Gasteiger charge is 2.27. The second-order valence-corrected chi connectivity index (χ2v) is 12.8. The van der Waals surface area contributed by atoms with Crippen molar-refractivity contribution in [2.75, 3.05) is 52.4 Å². The maximum absolute atomic E-state index is 14.4. The second kappa shape index (κ2) is 14.7. The number of fused-ring (bicyclic) bond motifs is 1. The fraction of sp³-hybridized carbons (Fsp3) is 0.405. The maximum Gasteiger partial charge on any atom is 0.263 e. The SMILES string of the molecule is CC[C@H](NC(=O)c1c(CN2CCN(CCN3CCCCC3)CC2)n(-c2ccc(Cl)cc2)c(=O)c2ccccc12)c1ccccc1. The van der Waals surface area contributed by atoms with E-state index in [1.165, 1.54) is 32.4 Å². The number of rotatable bonds is 10. The molecular weight excluding hydrogens is 582 g/mol. The number of aromatic nitrogens is 1. The number of piperidine rings is 1. The topological polar surface area (TPSA) is 60.8 Å². The summed E-state index contributed by atoms with van der Waals surface area (Å²) in [6.07, 6.45) is 4.74. The highest BCUT2D eigenvalue weighted by Crippen LogP contribution is 2.27. The first-order valence-electron chi connectivity index (χ1n) is 16.5. The minimum absolute atomic E-state index is 0.130. The van der Waals surface area contributed by atoms with Crippen molar-refractivity contribution in [3.05, 3.63) is 111 Å². The molecule has 45 heavy (non-hydrogen) atoms. The van der Waals surface area contributed by atoms with Crippen LogP contribution in [0.2, 0.25) is 5.02 Å². The number of halogens is 1. The number of piperazine rings is 1. The first-order valence-corrected chi connectivity index (χ1v) is 16.8. The maximum atomic E-state index is 14.4. The molecule has 4 aromatic rings. The van der Waals surface area contributed by atoms with E-state index in [-0.39, 0.29) is 17.5 Å². The lowest BCUT2D eigenvalue weighted by molar-refractivity contribution is 0.0928. The van der Waals surface area contributed by atoms with E-state index in [0.717, 1.165) is 51.3 Å². The Kier molecular flexibility index (Phi) is 10.3. The molecule has 1 amide bonds. The number of likely N-dealkylation sites (tertiary alicyclic amines) is 1. The summed E-state index contributed by atoms with van der Waals surface area (Å²) in [5.74, 6) is -0.167. The van der Waals surface area contributed by atoms with Crippen molar-refractivity contribution in [3.8, 4) is 5.69 Å². The number of pyridine rings is 1. The lowest BCUT2D eigenvalue weighted by Crippen LogP contribution is -2.49. The summed E-state index contributed by atoms with van der Waals surface area (Å²) in [6.45, 7) is 10.9. The molecule has 0 unspecified atom stereocenters. The summed E-state index contributed by atoms with van der Waals surface area (Å²) in [7, 11) is 0. The number of benzene rings is 3. The summed E-state index contributed by atoms with van der Waals surface area (Å²) in [6, 6.07) is 24.7. The van der Waals surface area contributed by atoms with Gasteiger partial charge in [-0.2, -0.15) is 0 Å². The minimum atomic E-state index is -0.167. The summed E-state index contributed by atoms with van der Waals surface area (Å²) >= 11 is 6.26. The van der Waals surface area contributed by atoms with E-state index in [1.807, 2.05) is 66.7 Å². The van der Waals surface area contributed by atoms with Crippen LogP contribution in [0.1, 0.15) is 60.3 Å². The zero-order valence-electron chi connectivity index (χ0n) is 26.3. The molecule has 1 atom stereocenters. The van der Waals surface area contributed by atoms with Crippen molar-refractivity contribution >= 4 is 28.3 Å². The van der Waals surface area contributed by atoms with Gasteiger partial charge in [0.2, 0.25) is 0 Å². The van der Waals surface area contributed by atoms with E-state index in [4.69, 9.17) is 11.6 Å². The predicted octanol–water partition coefficient (Wildman–Crippen LogP) is 6.13. The van der Waals surface area contributed by atoms with Crippen molar-refractivity contribution in [1.82, 2.24) is 24.6 Å². The third-order valence-corrected chi connectivity index (χ3v) is 9.69. The van der Waals surface area contributed by atoms with Crippen LogP contribution < -0.4 is 10.9 Å². The lowest BCUT2D eigenvalue weighted by atomic mass is 9.99. The molecule has 2 aliphatic heterocycles. The van der Waals surface area contributed by atoms with Gasteiger partial charge in [-0.25, -0.2) is 0 Å². The normalized spacial score (nSPS) is 17.4. The molecule has 0 bridgehead atoms. The Morgan fingerprint density at radius 3 is 2.02 bits per heavy atom. The Labute approximate surface area is 271 Å². The van der Waals surface area contributed by atoms with Gasteiger partial charge >= 0.3 is 0 Å². The monoisotopic (exact) mass is 625 g/mol. The first-order chi connectivity index (χ1) is 22.0. The molecule has 1 aromatic heterocycles. The van der Waals surface area contributed by atoms with Crippen molar-refractivity contribution in [1.29, 1.82) is 0 Å². The van der Waals surface area contributed by atoms with Crippen LogP contribution in [0.25, 0.3) is 16.5 Å². The largest absolute Gasteiger partial charge is 0.345 e. The van der Waals surface area contributed by atoms with Gasteiger partial charge in [-0.15, -0.1) is 0 Å². The van der Waals surface area contributed by atoms with Crippen LogP contribution in [-0.4, -0.2) is 77.5 Å². The molecule has 2 saturated heterocycles. The van der Waals surface area contributed by atoms with Gasteiger partial charge < -0.3 is 10.2 Å². The Morgan fingerprint density at radius 1 is 0.756 bits per heavy atom. The van der Waals surface area contributed by atoms with Crippen molar-refractivity contribution in [2.24, 2.45) is 0 Å². The molecule has 0 saturated carbocycles. The van der Waals surface area contributed by atoms with E-state index in [0.29, 0.717) is 39.3 Å². The van der Waals surface area contributed by atoms with E-state index >= 15 is 0 Å². The molecule has 1 N–H and O–H groups in total. The molecule has 3 aromatic carbocycles. The molecule has 7 nitrogen and oxygen atoms in total. The second-order valence-electron chi connectivity index (χ2n) is 12.3. The van der Waals surface area contributed by atoms with Gasteiger partial charge in [-0.1, -0.05) is 73.5 Å². The molecule has 2 aliphatic rings. The third kappa shape index (κ3) is 7.33. The van der Waals surface area contributed by atoms with Gasteiger partial charge in [0.1, 0.15) is 0 Å². The van der Waals surface area contributed by atoms with E-state index in [1.54, 1.807) is 16.7 Å². The number of hydrogen-bond acceptors (Lipinski definition) is 5. The number of hydrogen-bond donors (Lipinski definition) is 1. The Morgan fingerprint density at radius 2 is 1.36 bits per heavy atom. The summed E-state index contributed by atoms with van der Waals surface area (Å²) in [5, 5.41) is 5.13. The average Bonchev–Trinajstić information content (AvgIpc) is 3.08. The van der Waals surface area contributed by atoms with E-state index in [2.05, 4.69) is 26.9 Å². The van der Waals surface area contributed by atoms with Gasteiger partial charge in [-0.05, 0) is 68.2 Å². The zero-order chi connectivity index (χ0) is 31.2. The van der Waals surface area contributed by atoms with Gasteiger partial charge in [0.15, 0.2) is 0 Å². The van der Waals surface area contributed by atoms with Crippen LogP contribution in [0, 0.1) is 0 Å². The quantitative estimate of drug-likeness (QED) is 0.230. The van der Waals surface area contributed by atoms with Crippen LogP contribution in [-0.2, 0) is 6.54 Å². The number of carbonyl (C=O) groups excluding carboxylic acids is 1. The number of carbonyl (C=O) groups is 1. The number of amides is 1. The van der Waals surface area contributed by atoms with Crippen LogP contribution in [0.4, 0.5) is 0 Å². The zero-order valence-corrected chi connectivity index (χ0v) is 27.0. The van der Waals surface area contributed by atoms with Gasteiger partial charge in [0, 0.05) is 67.3 Å². The molecule has 236 valence electrons. The van der Waals surface area contributed by atoms with Gasteiger partial charge in [0.25, 0.3) is 11.5 Å². The molecule has 0 aliphatic carbocycles. The molecule has 2 fully saturated rings. The Balaban J connectivity index is 1.34. The van der Waals surface area contributed by atoms with Gasteiger partial charge in [-0.3, -0.25) is 24.0 Å². The fourth-order valence-electron chi connectivity index (χ4n) is 6.85. The molecule has 0 spiro atoms. The van der Waals surface area contributed by atoms with E-state index in [9.17, 15) is 9.59 Å². The first kappa shape index (κ1) is 31.5. The molecule has 8 heteroatoms. The third-order valence-electron chi connectivity index (χ3n) is 9.44. The van der Waals surface area contributed by atoms with E-state index < -0.39 is 0 Å². The van der Waals surface area contributed by atoms with Gasteiger partial charge in [0.05, 0.1) is 17.3 Å². The Hall–Kier alpha value is -3.49. The van der Waals surface area contributed by atoms with Crippen LogP contribution in [0.15, 0.2) is 83.7 Å². The number of nitrogens with one attached hydrogen (secondary N) is 1. The smallest absolute Gasteiger partial charge is 0.263 e. The predicted molar refractivity (Wildman–Crippen MR) is 184 cm³/mol. The summed E-state index contributed by atoms with van der Waals surface area (Å²) in [4.78, 5) is 36.2. The minimum Gasteiger partial charge on any atom is -0.345 e. The van der Waals surface area contributed by atoms with Crippen molar-refractivity contribution < 1.29 is 4.79 Å². The van der Waals surface area contributed by atoms with Crippen molar-refractivity contribution in [2.45, 2.75) is 45.2 Å². The average molecular weight is 626 g/mol. The highest BCUT2D eigenvalue weighted by atomic mass is 35.5. The standard InChI is InChI=1S/C37H44ClN5O2/c1-2-33(28-11-5-3-6-12-28)39-36(44)35-31-13-7-8-14-32(31)37(45)43(30-17-15-29(38)16-18-30)34(35)27-42-25-23-41(24-26-42)22-21-40-19-9-4-10-20-40/h3,5-8,11-18,33H,2,4,9-10,19-27H2,1H3,(H,39,44)/t33-/m0/s1.